The number of alkyl carbamates (subject to hydrolysis) is 1. The SMILES string of the molecule is CN1C(=O)[C@@](NC(=O)OC(C)(C)C)([C@@H](C(=O)n2cccn2)c2ccc(Br)cc2)c2ccccc21. The van der Waals surface area contributed by atoms with Crippen LogP contribution >= 0.6 is 15.9 Å². The molecular formula is C25H25BrN4O4. The van der Waals surface area contributed by atoms with E-state index < -0.39 is 35.0 Å². The number of halogens is 1. The Kier molecular flexibility index (Phi) is 6.07. The first-order valence-corrected chi connectivity index (χ1v) is 11.5. The molecule has 1 N–H and O–H groups in total. The zero-order valence-corrected chi connectivity index (χ0v) is 20.9. The van der Waals surface area contributed by atoms with Crippen molar-refractivity contribution in [3.63, 3.8) is 0 Å². The molecule has 0 unspecified atom stereocenters. The fourth-order valence-electron chi connectivity index (χ4n) is 4.29. The van der Waals surface area contributed by atoms with Gasteiger partial charge in [-0.25, -0.2) is 9.48 Å². The highest BCUT2D eigenvalue weighted by Crippen LogP contribution is 2.48. The van der Waals surface area contributed by atoms with Crippen LogP contribution in [0.25, 0.3) is 0 Å². The lowest BCUT2D eigenvalue weighted by atomic mass is 9.74. The number of fused-ring (bicyclic) bond motifs is 1. The smallest absolute Gasteiger partial charge is 0.408 e. The third-order valence-corrected chi connectivity index (χ3v) is 6.17. The van der Waals surface area contributed by atoms with Crippen molar-refractivity contribution in [1.29, 1.82) is 0 Å². The number of nitrogens with one attached hydrogen (secondary N) is 1. The van der Waals surface area contributed by atoms with Gasteiger partial charge in [-0.1, -0.05) is 46.3 Å². The number of carbonyl (C=O) groups is 3. The van der Waals surface area contributed by atoms with Crippen LogP contribution in [-0.4, -0.2) is 40.3 Å². The molecule has 0 fully saturated rings. The van der Waals surface area contributed by atoms with Crippen LogP contribution in [0.4, 0.5) is 10.5 Å². The number of para-hydroxylation sites is 1. The van der Waals surface area contributed by atoms with Gasteiger partial charge in [0.1, 0.15) is 11.5 Å². The average Bonchev–Trinajstić information content (AvgIpc) is 3.38. The second-order valence-electron chi connectivity index (χ2n) is 9.09. The van der Waals surface area contributed by atoms with Crippen LogP contribution in [0, 0.1) is 0 Å². The molecule has 0 radical (unpaired) electrons. The standard InChI is InChI=1S/C25H25BrN4O4/c1-24(2,3)34-23(33)28-25(18-8-5-6-9-19(18)29(4)22(25)32)20(16-10-12-17(26)13-11-16)21(31)30-15-7-14-27-30/h5-15,20H,1-4H3,(H,28,33)/t20-,25+/m1/s1. The number of nitrogens with zero attached hydrogens (tertiary/aromatic N) is 3. The van der Waals surface area contributed by atoms with Crippen LogP contribution in [-0.2, 0) is 15.1 Å². The second kappa shape index (κ2) is 8.72. The Hall–Kier alpha value is -3.46. The minimum Gasteiger partial charge on any atom is -0.444 e. The fourth-order valence-corrected chi connectivity index (χ4v) is 4.55. The lowest BCUT2D eigenvalue weighted by Gasteiger charge is -2.37. The quantitative estimate of drug-likeness (QED) is 0.543. The van der Waals surface area contributed by atoms with E-state index in [9.17, 15) is 14.4 Å². The van der Waals surface area contributed by atoms with Crippen molar-refractivity contribution in [1.82, 2.24) is 15.1 Å². The highest BCUT2D eigenvalue weighted by molar-refractivity contribution is 9.10. The average molecular weight is 525 g/mol. The first kappa shape index (κ1) is 23.7. The summed E-state index contributed by atoms with van der Waals surface area (Å²) in [7, 11) is 1.62. The molecule has 8 nitrogen and oxygen atoms in total. The normalized spacial score (nSPS) is 18.4. The van der Waals surface area contributed by atoms with Crippen LogP contribution in [0.1, 0.15) is 42.6 Å². The number of ether oxygens (including phenoxy) is 1. The van der Waals surface area contributed by atoms with Crippen molar-refractivity contribution < 1.29 is 19.1 Å². The maximum atomic E-state index is 14.0. The summed E-state index contributed by atoms with van der Waals surface area (Å²) in [6.45, 7) is 5.20. The molecule has 0 aliphatic carbocycles. The minimum atomic E-state index is -1.76. The van der Waals surface area contributed by atoms with Crippen LogP contribution in [0.3, 0.4) is 0 Å². The number of benzene rings is 2. The van der Waals surface area contributed by atoms with Gasteiger partial charge in [-0.3, -0.25) is 9.59 Å². The van der Waals surface area contributed by atoms with Gasteiger partial charge in [0.2, 0.25) is 0 Å². The van der Waals surface area contributed by atoms with Crippen molar-refractivity contribution >= 4 is 39.5 Å². The summed E-state index contributed by atoms with van der Waals surface area (Å²) in [5.74, 6) is -2.05. The lowest BCUT2D eigenvalue weighted by Crippen LogP contribution is -2.59. The third kappa shape index (κ3) is 4.11. The first-order valence-electron chi connectivity index (χ1n) is 10.7. The molecule has 34 heavy (non-hydrogen) atoms. The van der Waals surface area contributed by atoms with Crippen molar-refractivity contribution in [2.45, 2.75) is 37.8 Å². The summed E-state index contributed by atoms with van der Waals surface area (Å²) in [6.07, 6.45) is 2.20. The molecule has 0 saturated heterocycles. The van der Waals surface area contributed by atoms with Gasteiger partial charge < -0.3 is 15.0 Å². The highest BCUT2D eigenvalue weighted by atomic mass is 79.9. The molecule has 4 rings (SSSR count). The number of hydrogen-bond acceptors (Lipinski definition) is 5. The number of amides is 2. The zero-order valence-electron chi connectivity index (χ0n) is 19.3. The Bertz CT molecular complexity index is 1230. The van der Waals surface area contributed by atoms with Gasteiger partial charge in [0.15, 0.2) is 5.54 Å². The van der Waals surface area contributed by atoms with Gasteiger partial charge in [-0.15, -0.1) is 0 Å². The van der Waals surface area contributed by atoms with Gasteiger partial charge in [0.05, 0.1) is 0 Å². The molecule has 0 bridgehead atoms. The highest BCUT2D eigenvalue weighted by Gasteiger charge is 2.59. The van der Waals surface area contributed by atoms with Crippen molar-refractivity contribution in [2.24, 2.45) is 0 Å². The van der Waals surface area contributed by atoms with Crippen LogP contribution in [0.2, 0.25) is 0 Å². The molecule has 1 aliphatic rings. The van der Waals surface area contributed by atoms with E-state index in [2.05, 4.69) is 26.3 Å². The van der Waals surface area contributed by atoms with E-state index in [1.54, 1.807) is 82.4 Å². The molecule has 3 aromatic rings. The fraction of sp³-hybridized carbons (Fsp3) is 0.280. The van der Waals surface area contributed by atoms with E-state index in [0.717, 1.165) is 4.47 Å². The molecule has 176 valence electrons. The van der Waals surface area contributed by atoms with E-state index >= 15 is 0 Å². The van der Waals surface area contributed by atoms with E-state index in [4.69, 9.17) is 4.74 Å². The Labute approximate surface area is 206 Å². The summed E-state index contributed by atoms with van der Waals surface area (Å²) in [5, 5.41) is 6.93. The number of aromatic nitrogens is 2. The maximum Gasteiger partial charge on any atom is 0.408 e. The van der Waals surface area contributed by atoms with Crippen molar-refractivity contribution in [3.05, 3.63) is 82.6 Å². The van der Waals surface area contributed by atoms with Gasteiger partial charge in [-0.2, -0.15) is 5.10 Å². The molecule has 0 saturated carbocycles. The molecule has 1 aliphatic heterocycles. The summed E-state index contributed by atoms with van der Waals surface area (Å²) in [6, 6.07) is 15.8. The monoisotopic (exact) mass is 524 g/mol. The summed E-state index contributed by atoms with van der Waals surface area (Å²) < 4.78 is 7.53. The maximum absolute atomic E-state index is 14.0. The molecular weight excluding hydrogens is 500 g/mol. The molecule has 9 heteroatoms. The molecule has 2 aromatic carbocycles. The molecule has 2 atom stereocenters. The Morgan fingerprint density at radius 1 is 1.09 bits per heavy atom. The molecule has 0 spiro atoms. The Morgan fingerprint density at radius 2 is 1.76 bits per heavy atom. The van der Waals surface area contributed by atoms with Crippen LogP contribution in [0.5, 0.6) is 0 Å². The Morgan fingerprint density at radius 3 is 2.38 bits per heavy atom. The lowest BCUT2D eigenvalue weighted by molar-refractivity contribution is -0.124. The number of anilines is 1. The topological polar surface area (TPSA) is 93.5 Å². The van der Waals surface area contributed by atoms with Crippen LogP contribution < -0.4 is 10.2 Å². The van der Waals surface area contributed by atoms with Crippen molar-refractivity contribution in [2.75, 3.05) is 11.9 Å². The zero-order chi connectivity index (χ0) is 24.7. The molecule has 2 amide bonds. The first-order chi connectivity index (χ1) is 16.0. The number of hydrogen-bond donors (Lipinski definition) is 1. The third-order valence-electron chi connectivity index (χ3n) is 5.64. The van der Waals surface area contributed by atoms with Gasteiger partial charge in [0.25, 0.3) is 11.8 Å². The van der Waals surface area contributed by atoms with Gasteiger partial charge in [0, 0.05) is 35.2 Å². The largest absolute Gasteiger partial charge is 0.444 e. The van der Waals surface area contributed by atoms with Gasteiger partial charge in [-0.05, 0) is 50.6 Å². The molecule has 1 aromatic heterocycles. The number of carbonyl (C=O) groups excluding carboxylic acids is 3. The minimum absolute atomic E-state index is 0.451. The summed E-state index contributed by atoms with van der Waals surface area (Å²) in [5.41, 5.74) is -0.930. The Balaban J connectivity index is 1.98. The molecule has 2 heterocycles. The summed E-state index contributed by atoms with van der Waals surface area (Å²) >= 11 is 3.42. The van der Waals surface area contributed by atoms with E-state index in [1.807, 2.05) is 0 Å². The van der Waals surface area contributed by atoms with E-state index in [-0.39, 0.29) is 0 Å². The predicted molar refractivity (Wildman–Crippen MR) is 131 cm³/mol. The number of rotatable bonds is 4. The van der Waals surface area contributed by atoms with Gasteiger partial charge >= 0.3 is 6.09 Å². The van der Waals surface area contributed by atoms with E-state index in [0.29, 0.717) is 16.8 Å². The van der Waals surface area contributed by atoms with E-state index in [1.165, 1.54) is 22.0 Å². The number of likely N-dealkylation sites (N-methyl/N-ethyl adjacent to an activating group) is 1. The summed E-state index contributed by atoms with van der Waals surface area (Å²) in [4.78, 5) is 42.5. The van der Waals surface area contributed by atoms with Crippen molar-refractivity contribution in [3.8, 4) is 0 Å². The second-order valence-corrected chi connectivity index (χ2v) is 10.0. The predicted octanol–water partition coefficient (Wildman–Crippen LogP) is 4.47. The van der Waals surface area contributed by atoms with Crippen LogP contribution in [0.15, 0.2) is 71.5 Å².